The maximum absolute atomic E-state index is 11.8. The Bertz CT molecular complexity index is 449. The van der Waals surface area contributed by atoms with Crippen molar-refractivity contribution in [2.45, 2.75) is 13.8 Å². The molecule has 0 atom stereocenters. The molecule has 104 valence electrons. The van der Waals surface area contributed by atoms with Crippen LogP contribution in [0.5, 0.6) is 0 Å². The second kappa shape index (κ2) is 5.83. The Morgan fingerprint density at radius 3 is 2.68 bits per heavy atom. The number of aryl methyl sites for hydroxylation is 1. The van der Waals surface area contributed by atoms with Gasteiger partial charge in [-0.15, -0.1) is 0 Å². The molecule has 1 saturated heterocycles. The van der Waals surface area contributed by atoms with E-state index in [-0.39, 0.29) is 11.4 Å². The summed E-state index contributed by atoms with van der Waals surface area (Å²) in [5, 5.41) is 0. The van der Waals surface area contributed by atoms with Gasteiger partial charge >= 0.3 is 5.97 Å². The average Bonchev–Trinajstić information content (AvgIpc) is 2.39. The number of hydrogen-bond donors (Lipinski definition) is 1. The molecule has 7 heteroatoms. The third kappa shape index (κ3) is 2.93. The lowest BCUT2D eigenvalue weighted by atomic mass is 10.2. The zero-order chi connectivity index (χ0) is 13.8. The van der Waals surface area contributed by atoms with Gasteiger partial charge in [0.05, 0.1) is 25.5 Å². The quantitative estimate of drug-likeness (QED) is 0.791. The first kappa shape index (κ1) is 13.5. The van der Waals surface area contributed by atoms with Gasteiger partial charge in [0.1, 0.15) is 11.4 Å². The Hall–Kier alpha value is -1.89. The van der Waals surface area contributed by atoms with E-state index in [2.05, 4.69) is 9.97 Å². The first-order valence-corrected chi connectivity index (χ1v) is 6.27. The summed E-state index contributed by atoms with van der Waals surface area (Å²) in [5.41, 5.74) is 6.63. The fourth-order valence-electron chi connectivity index (χ4n) is 1.94. The fourth-order valence-corrected chi connectivity index (χ4v) is 1.94. The molecule has 0 spiro atoms. The number of esters is 1. The summed E-state index contributed by atoms with van der Waals surface area (Å²) >= 11 is 0. The van der Waals surface area contributed by atoms with Gasteiger partial charge in [0.2, 0.25) is 5.95 Å². The molecule has 1 aliphatic rings. The van der Waals surface area contributed by atoms with Gasteiger partial charge in [0.25, 0.3) is 0 Å². The minimum absolute atomic E-state index is 0.160. The Morgan fingerprint density at radius 1 is 1.42 bits per heavy atom. The van der Waals surface area contributed by atoms with E-state index < -0.39 is 5.97 Å². The Labute approximate surface area is 111 Å². The second-order valence-corrected chi connectivity index (χ2v) is 4.19. The van der Waals surface area contributed by atoms with Gasteiger partial charge in [-0.2, -0.15) is 4.98 Å². The zero-order valence-corrected chi connectivity index (χ0v) is 11.2. The van der Waals surface area contributed by atoms with Crippen LogP contribution in [0.2, 0.25) is 0 Å². The first-order chi connectivity index (χ1) is 9.13. The van der Waals surface area contributed by atoms with Crippen molar-refractivity contribution in [1.82, 2.24) is 9.97 Å². The van der Waals surface area contributed by atoms with E-state index in [4.69, 9.17) is 15.2 Å². The summed E-state index contributed by atoms with van der Waals surface area (Å²) in [6.45, 7) is 6.49. The number of carbonyl (C=O) groups is 1. The van der Waals surface area contributed by atoms with Gasteiger partial charge in [-0.25, -0.2) is 9.78 Å². The van der Waals surface area contributed by atoms with Crippen molar-refractivity contribution in [1.29, 1.82) is 0 Å². The molecule has 0 bridgehead atoms. The van der Waals surface area contributed by atoms with E-state index in [0.717, 1.165) is 13.1 Å². The van der Waals surface area contributed by atoms with E-state index in [1.54, 1.807) is 13.8 Å². The van der Waals surface area contributed by atoms with Crippen LogP contribution in [-0.4, -0.2) is 48.8 Å². The van der Waals surface area contributed by atoms with Crippen LogP contribution in [0, 0.1) is 6.92 Å². The Balaban J connectivity index is 2.27. The third-order valence-corrected chi connectivity index (χ3v) is 2.88. The van der Waals surface area contributed by atoms with Crippen molar-refractivity contribution in [3.05, 3.63) is 11.3 Å². The highest BCUT2D eigenvalue weighted by molar-refractivity contribution is 5.95. The second-order valence-electron chi connectivity index (χ2n) is 4.19. The maximum atomic E-state index is 11.8. The topological polar surface area (TPSA) is 90.6 Å². The number of nitrogens with two attached hydrogens (primary N) is 1. The van der Waals surface area contributed by atoms with Gasteiger partial charge in [-0.05, 0) is 13.8 Å². The molecule has 1 aromatic heterocycles. The summed E-state index contributed by atoms with van der Waals surface area (Å²) in [5.74, 6) is 0.213. The fraction of sp³-hybridized carbons (Fsp3) is 0.583. The number of nitrogen functional groups attached to an aromatic ring is 1. The van der Waals surface area contributed by atoms with E-state index in [1.807, 2.05) is 4.90 Å². The van der Waals surface area contributed by atoms with Crippen molar-refractivity contribution >= 4 is 17.7 Å². The van der Waals surface area contributed by atoms with Crippen molar-refractivity contribution < 1.29 is 14.3 Å². The summed E-state index contributed by atoms with van der Waals surface area (Å²) in [6, 6.07) is 0. The number of morpholine rings is 1. The zero-order valence-electron chi connectivity index (χ0n) is 11.2. The lowest BCUT2D eigenvalue weighted by Gasteiger charge is -2.27. The average molecular weight is 266 g/mol. The third-order valence-electron chi connectivity index (χ3n) is 2.88. The number of rotatable bonds is 3. The molecule has 1 fully saturated rings. The van der Waals surface area contributed by atoms with Crippen molar-refractivity contribution in [2.24, 2.45) is 0 Å². The minimum Gasteiger partial charge on any atom is -0.462 e. The number of aromatic nitrogens is 2. The predicted octanol–water partition coefficient (Wildman–Crippen LogP) is 0.381. The Morgan fingerprint density at radius 2 is 2.11 bits per heavy atom. The molecule has 2 rings (SSSR count). The highest BCUT2D eigenvalue weighted by Gasteiger charge is 2.21. The maximum Gasteiger partial charge on any atom is 0.343 e. The van der Waals surface area contributed by atoms with Crippen LogP contribution >= 0.6 is 0 Å². The molecule has 2 heterocycles. The number of hydrogen-bond acceptors (Lipinski definition) is 7. The van der Waals surface area contributed by atoms with E-state index >= 15 is 0 Å². The number of anilines is 2. The molecule has 0 saturated carbocycles. The molecule has 1 aromatic rings. The molecular weight excluding hydrogens is 248 g/mol. The standard InChI is InChI=1S/C12H18N4O3/c1-3-19-11(17)9-8(2)14-12(15-10(9)13)16-4-6-18-7-5-16/h3-7H2,1-2H3,(H2,13,14,15). The molecular formula is C12H18N4O3. The van der Waals surface area contributed by atoms with Gasteiger partial charge < -0.3 is 20.1 Å². The molecule has 0 aromatic carbocycles. The van der Waals surface area contributed by atoms with E-state index in [0.29, 0.717) is 31.5 Å². The molecule has 0 unspecified atom stereocenters. The van der Waals surface area contributed by atoms with E-state index in [9.17, 15) is 4.79 Å². The lowest BCUT2D eigenvalue weighted by molar-refractivity contribution is 0.0526. The largest absolute Gasteiger partial charge is 0.462 e. The monoisotopic (exact) mass is 266 g/mol. The smallest absolute Gasteiger partial charge is 0.343 e. The number of ether oxygens (including phenoxy) is 2. The van der Waals surface area contributed by atoms with Crippen LogP contribution in [0.25, 0.3) is 0 Å². The Kier molecular flexibility index (Phi) is 4.16. The summed E-state index contributed by atoms with van der Waals surface area (Å²) in [6.07, 6.45) is 0. The first-order valence-electron chi connectivity index (χ1n) is 6.27. The lowest BCUT2D eigenvalue weighted by Crippen LogP contribution is -2.37. The predicted molar refractivity (Wildman–Crippen MR) is 70.2 cm³/mol. The number of carbonyl (C=O) groups excluding carboxylic acids is 1. The van der Waals surface area contributed by atoms with Crippen LogP contribution in [0.3, 0.4) is 0 Å². The van der Waals surface area contributed by atoms with Crippen LogP contribution in [0.15, 0.2) is 0 Å². The van der Waals surface area contributed by atoms with Gasteiger partial charge in [0.15, 0.2) is 0 Å². The molecule has 19 heavy (non-hydrogen) atoms. The normalized spacial score (nSPS) is 15.4. The molecule has 7 nitrogen and oxygen atoms in total. The molecule has 1 aliphatic heterocycles. The molecule has 0 radical (unpaired) electrons. The van der Waals surface area contributed by atoms with Crippen LogP contribution < -0.4 is 10.6 Å². The SMILES string of the molecule is CCOC(=O)c1c(C)nc(N2CCOCC2)nc1N. The van der Waals surface area contributed by atoms with Gasteiger partial charge in [-0.1, -0.05) is 0 Å². The van der Waals surface area contributed by atoms with E-state index in [1.165, 1.54) is 0 Å². The molecule has 0 aliphatic carbocycles. The van der Waals surface area contributed by atoms with Crippen LogP contribution in [0.4, 0.5) is 11.8 Å². The summed E-state index contributed by atoms with van der Waals surface area (Å²) in [4.78, 5) is 22.3. The minimum atomic E-state index is -0.481. The molecule has 2 N–H and O–H groups in total. The number of nitrogens with zero attached hydrogens (tertiary/aromatic N) is 3. The highest BCUT2D eigenvalue weighted by atomic mass is 16.5. The highest BCUT2D eigenvalue weighted by Crippen LogP contribution is 2.19. The van der Waals surface area contributed by atoms with Crippen molar-refractivity contribution in [2.75, 3.05) is 43.5 Å². The van der Waals surface area contributed by atoms with Crippen LogP contribution in [0.1, 0.15) is 23.0 Å². The summed E-state index contributed by atoms with van der Waals surface area (Å²) in [7, 11) is 0. The summed E-state index contributed by atoms with van der Waals surface area (Å²) < 4.78 is 10.2. The van der Waals surface area contributed by atoms with Gasteiger partial charge in [0, 0.05) is 13.1 Å². The van der Waals surface area contributed by atoms with Crippen molar-refractivity contribution in [3.63, 3.8) is 0 Å². The van der Waals surface area contributed by atoms with Gasteiger partial charge in [-0.3, -0.25) is 0 Å². The van der Waals surface area contributed by atoms with Crippen LogP contribution in [-0.2, 0) is 9.47 Å². The molecule has 0 amide bonds. The van der Waals surface area contributed by atoms with Crippen molar-refractivity contribution in [3.8, 4) is 0 Å².